The Morgan fingerprint density at radius 3 is 2.78 bits per heavy atom. The fourth-order valence-corrected chi connectivity index (χ4v) is 2.44. The Balaban J connectivity index is 1.74. The predicted octanol–water partition coefficient (Wildman–Crippen LogP) is 2.88. The Morgan fingerprint density at radius 2 is 2.13 bits per heavy atom. The van der Waals surface area contributed by atoms with Gasteiger partial charge in [0.15, 0.2) is 0 Å². The molecule has 0 aliphatic carbocycles. The van der Waals surface area contributed by atoms with Crippen LogP contribution in [0.15, 0.2) is 42.9 Å². The molecule has 2 aromatic heterocycles. The van der Waals surface area contributed by atoms with E-state index in [1.54, 1.807) is 28.0 Å². The van der Waals surface area contributed by atoms with E-state index in [4.69, 9.17) is 11.6 Å². The molecule has 3 aromatic rings. The molecule has 0 spiro atoms. The van der Waals surface area contributed by atoms with Gasteiger partial charge in [0.25, 0.3) is 5.91 Å². The summed E-state index contributed by atoms with van der Waals surface area (Å²) in [4.78, 5) is 12.3. The molecular weight excluding hydrogens is 314 g/mol. The van der Waals surface area contributed by atoms with Gasteiger partial charge in [-0.2, -0.15) is 10.2 Å². The van der Waals surface area contributed by atoms with Crippen molar-refractivity contribution >= 4 is 23.2 Å². The summed E-state index contributed by atoms with van der Waals surface area (Å²) in [7, 11) is 1.81. The highest BCUT2D eigenvalue weighted by molar-refractivity contribution is 6.30. The SMILES string of the molecule is Cc1c(C(=O)Nc2cccc(Cn3cc(Cl)cn3)c2)cnn1C. The van der Waals surface area contributed by atoms with Crippen molar-refractivity contribution in [3.63, 3.8) is 0 Å². The lowest BCUT2D eigenvalue weighted by Gasteiger charge is -2.08. The zero-order valence-electron chi connectivity index (χ0n) is 12.8. The van der Waals surface area contributed by atoms with Crippen molar-refractivity contribution in [2.75, 3.05) is 5.32 Å². The third-order valence-electron chi connectivity index (χ3n) is 3.61. The zero-order valence-corrected chi connectivity index (χ0v) is 13.6. The standard InChI is InChI=1S/C16H16ClN5O/c1-11-15(8-18-21(11)2)16(23)20-14-5-3-4-12(6-14)9-22-10-13(17)7-19-22/h3-8,10H,9H2,1-2H3,(H,20,23). The number of carbonyl (C=O) groups is 1. The van der Waals surface area contributed by atoms with E-state index in [9.17, 15) is 4.79 Å². The predicted molar refractivity (Wildman–Crippen MR) is 88.7 cm³/mol. The quantitative estimate of drug-likeness (QED) is 0.800. The van der Waals surface area contributed by atoms with E-state index in [0.29, 0.717) is 17.1 Å². The molecule has 0 bridgehead atoms. The van der Waals surface area contributed by atoms with Crippen LogP contribution < -0.4 is 5.32 Å². The fourth-order valence-electron chi connectivity index (χ4n) is 2.28. The summed E-state index contributed by atoms with van der Waals surface area (Å²) in [5.41, 5.74) is 3.14. The minimum Gasteiger partial charge on any atom is -0.322 e. The van der Waals surface area contributed by atoms with Gasteiger partial charge >= 0.3 is 0 Å². The number of aryl methyl sites for hydroxylation is 1. The van der Waals surface area contributed by atoms with Crippen molar-refractivity contribution in [2.45, 2.75) is 13.5 Å². The van der Waals surface area contributed by atoms with E-state index in [0.717, 1.165) is 16.9 Å². The summed E-state index contributed by atoms with van der Waals surface area (Å²) < 4.78 is 3.42. The van der Waals surface area contributed by atoms with Crippen LogP contribution in [0.25, 0.3) is 0 Å². The molecule has 6 nitrogen and oxygen atoms in total. The van der Waals surface area contributed by atoms with Crippen LogP contribution in [0.5, 0.6) is 0 Å². The Hall–Kier alpha value is -2.60. The first kappa shape index (κ1) is 15.3. The monoisotopic (exact) mass is 329 g/mol. The molecule has 0 aliphatic heterocycles. The fraction of sp³-hybridized carbons (Fsp3) is 0.188. The van der Waals surface area contributed by atoms with Crippen molar-refractivity contribution in [1.82, 2.24) is 19.6 Å². The minimum atomic E-state index is -0.171. The normalized spacial score (nSPS) is 10.7. The molecule has 118 valence electrons. The van der Waals surface area contributed by atoms with Gasteiger partial charge in [0.1, 0.15) is 0 Å². The van der Waals surface area contributed by atoms with Crippen molar-refractivity contribution in [2.24, 2.45) is 7.05 Å². The lowest BCUT2D eigenvalue weighted by atomic mass is 10.2. The first-order chi connectivity index (χ1) is 11.0. The van der Waals surface area contributed by atoms with Gasteiger partial charge in [-0.05, 0) is 24.6 Å². The number of rotatable bonds is 4. The smallest absolute Gasteiger partial charge is 0.259 e. The molecule has 1 amide bonds. The number of benzene rings is 1. The number of carbonyl (C=O) groups excluding carboxylic acids is 1. The highest BCUT2D eigenvalue weighted by atomic mass is 35.5. The van der Waals surface area contributed by atoms with Crippen molar-refractivity contribution < 1.29 is 4.79 Å². The second-order valence-corrected chi connectivity index (χ2v) is 5.71. The molecule has 23 heavy (non-hydrogen) atoms. The molecule has 0 aliphatic rings. The molecule has 1 aromatic carbocycles. The number of hydrogen-bond acceptors (Lipinski definition) is 3. The number of nitrogens with zero attached hydrogens (tertiary/aromatic N) is 4. The van der Waals surface area contributed by atoms with Gasteiger partial charge in [-0.25, -0.2) is 0 Å². The molecule has 2 heterocycles. The Labute approximate surface area is 138 Å². The molecule has 1 N–H and O–H groups in total. The van der Waals surface area contributed by atoms with E-state index in [1.165, 1.54) is 0 Å². The van der Waals surface area contributed by atoms with Gasteiger partial charge in [-0.15, -0.1) is 0 Å². The van der Waals surface area contributed by atoms with Gasteiger partial charge in [0, 0.05) is 24.6 Å². The van der Waals surface area contributed by atoms with Gasteiger partial charge < -0.3 is 5.32 Å². The van der Waals surface area contributed by atoms with Gasteiger partial charge in [-0.3, -0.25) is 14.2 Å². The first-order valence-electron chi connectivity index (χ1n) is 7.10. The van der Waals surface area contributed by atoms with Crippen LogP contribution in [0.3, 0.4) is 0 Å². The molecule has 0 saturated heterocycles. The number of amides is 1. The third-order valence-corrected chi connectivity index (χ3v) is 3.81. The zero-order chi connectivity index (χ0) is 16.4. The van der Waals surface area contributed by atoms with Crippen LogP contribution in [0.2, 0.25) is 5.02 Å². The van der Waals surface area contributed by atoms with Crippen molar-refractivity contribution in [3.05, 3.63) is 64.7 Å². The van der Waals surface area contributed by atoms with E-state index < -0.39 is 0 Å². The summed E-state index contributed by atoms with van der Waals surface area (Å²) >= 11 is 5.86. The number of halogens is 1. The van der Waals surface area contributed by atoms with Crippen molar-refractivity contribution in [3.8, 4) is 0 Å². The lowest BCUT2D eigenvalue weighted by Crippen LogP contribution is -2.13. The molecular formula is C16H16ClN5O. The molecule has 7 heteroatoms. The maximum atomic E-state index is 12.3. The topological polar surface area (TPSA) is 64.7 Å². The van der Waals surface area contributed by atoms with E-state index in [2.05, 4.69) is 15.5 Å². The summed E-state index contributed by atoms with van der Waals surface area (Å²) in [5, 5.41) is 11.7. The van der Waals surface area contributed by atoms with Crippen LogP contribution in [0.1, 0.15) is 21.6 Å². The third kappa shape index (κ3) is 3.43. The van der Waals surface area contributed by atoms with Crippen LogP contribution in [0, 0.1) is 6.92 Å². The van der Waals surface area contributed by atoms with E-state index >= 15 is 0 Å². The molecule has 0 saturated carbocycles. The largest absolute Gasteiger partial charge is 0.322 e. The average molecular weight is 330 g/mol. The highest BCUT2D eigenvalue weighted by Gasteiger charge is 2.13. The summed E-state index contributed by atoms with van der Waals surface area (Å²) in [6, 6.07) is 7.63. The molecule has 0 radical (unpaired) electrons. The maximum absolute atomic E-state index is 12.3. The Kier molecular flexibility index (Phi) is 4.16. The number of aromatic nitrogens is 4. The van der Waals surface area contributed by atoms with Crippen LogP contribution in [-0.2, 0) is 13.6 Å². The van der Waals surface area contributed by atoms with Gasteiger partial charge in [0.05, 0.1) is 29.5 Å². The van der Waals surface area contributed by atoms with E-state index in [-0.39, 0.29) is 5.91 Å². The van der Waals surface area contributed by atoms with Crippen molar-refractivity contribution in [1.29, 1.82) is 0 Å². The highest BCUT2D eigenvalue weighted by Crippen LogP contribution is 2.15. The molecule has 0 fully saturated rings. The number of nitrogens with one attached hydrogen (secondary N) is 1. The average Bonchev–Trinajstić information content (AvgIpc) is 3.06. The number of anilines is 1. The Morgan fingerprint density at radius 1 is 1.30 bits per heavy atom. The van der Waals surface area contributed by atoms with Crippen LogP contribution in [0.4, 0.5) is 5.69 Å². The second-order valence-electron chi connectivity index (χ2n) is 5.28. The molecule has 0 unspecified atom stereocenters. The molecule has 3 rings (SSSR count). The van der Waals surface area contributed by atoms with Crippen LogP contribution in [-0.4, -0.2) is 25.5 Å². The first-order valence-corrected chi connectivity index (χ1v) is 7.47. The second kappa shape index (κ2) is 6.26. The maximum Gasteiger partial charge on any atom is 0.259 e. The lowest BCUT2D eigenvalue weighted by molar-refractivity contribution is 0.102. The summed E-state index contributed by atoms with van der Waals surface area (Å²) in [6.07, 6.45) is 4.92. The van der Waals surface area contributed by atoms with E-state index in [1.807, 2.05) is 38.2 Å². The van der Waals surface area contributed by atoms with Gasteiger partial charge in [-0.1, -0.05) is 23.7 Å². The summed E-state index contributed by atoms with van der Waals surface area (Å²) in [6.45, 7) is 2.45. The number of hydrogen-bond donors (Lipinski definition) is 1. The Bertz CT molecular complexity index is 852. The summed E-state index contributed by atoms with van der Waals surface area (Å²) in [5.74, 6) is -0.171. The van der Waals surface area contributed by atoms with Gasteiger partial charge in [0.2, 0.25) is 0 Å². The van der Waals surface area contributed by atoms with Crippen LogP contribution >= 0.6 is 11.6 Å². The molecule has 0 atom stereocenters. The minimum absolute atomic E-state index is 0.171.